The van der Waals surface area contributed by atoms with E-state index in [0.29, 0.717) is 19.5 Å². The SMILES string of the molecule is N[C@H]1C[C@@H](N2Cc3cn[nH]c3C2)CN(C[C@H](F)C(F)(F)F)[C@@H]1c1cc(F)ccc1F. The molecule has 0 aliphatic carbocycles. The Bertz CT molecular complexity index is 879. The number of aromatic nitrogens is 2. The molecule has 0 saturated carbocycles. The van der Waals surface area contributed by atoms with Gasteiger partial charge in [0.05, 0.1) is 17.9 Å². The van der Waals surface area contributed by atoms with E-state index in [1.807, 2.05) is 4.90 Å². The van der Waals surface area contributed by atoms with Gasteiger partial charge in [0.2, 0.25) is 6.17 Å². The van der Waals surface area contributed by atoms with E-state index in [1.165, 1.54) is 4.90 Å². The van der Waals surface area contributed by atoms with Gasteiger partial charge < -0.3 is 5.73 Å². The molecule has 2 aromatic rings. The van der Waals surface area contributed by atoms with Crippen LogP contribution >= 0.6 is 0 Å². The fourth-order valence-electron chi connectivity index (χ4n) is 4.45. The molecule has 5 nitrogen and oxygen atoms in total. The Balaban J connectivity index is 1.61. The van der Waals surface area contributed by atoms with E-state index in [0.717, 1.165) is 29.5 Å². The Morgan fingerprint density at radius 2 is 2.00 bits per heavy atom. The molecular formula is C19H21F6N5. The largest absolute Gasteiger partial charge is 0.420 e. The van der Waals surface area contributed by atoms with Crippen molar-refractivity contribution >= 4 is 0 Å². The lowest BCUT2D eigenvalue weighted by Crippen LogP contribution is -2.57. The first-order chi connectivity index (χ1) is 14.1. The number of hydrogen-bond donors (Lipinski definition) is 2. The summed E-state index contributed by atoms with van der Waals surface area (Å²) in [5.41, 5.74) is 7.99. The number of hydrogen-bond acceptors (Lipinski definition) is 4. The molecule has 30 heavy (non-hydrogen) atoms. The third kappa shape index (κ3) is 4.06. The van der Waals surface area contributed by atoms with Crippen molar-refractivity contribution in [3.05, 3.63) is 52.9 Å². The summed E-state index contributed by atoms with van der Waals surface area (Å²) in [5, 5.41) is 6.82. The molecule has 1 fully saturated rings. The quantitative estimate of drug-likeness (QED) is 0.728. The van der Waals surface area contributed by atoms with Crippen LogP contribution in [0.15, 0.2) is 24.4 Å². The Kier molecular flexibility index (Phi) is 5.54. The number of aromatic amines is 1. The van der Waals surface area contributed by atoms with Crippen LogP contribution in [0.25, 0.3) is 0 Å². The van der Waals surface area contributed by atoms with Crippen molar-refractivity contribution in [3.63, 3.8) is 0 Å². The third-order valence-corrected chi connectivity index (χ3v) is 5.87. The number of likely N-dealkylation sites (tertiary alicyclic amines) is 1. The molecule has 0 radical (unpaired) electrons. The maximum atomic E-state index is 14.4. The Hall–Kier alpha value is -2.11. The van der Waals surface area contributed by atoms with E-state index in [1.54, 1.807) is 6.20 Å². The van der Waals surface area contributed by atoms with Crippen molar-refractivity contribution in [1.82, 2.24) is 20.0 Å². The summed E-state index contributed by atoms with van der Waals surface area (Å²) in [6.07, 6.45) is -6.16. The number of H-pyrrole nitrogens is 1. The van der Waals surface area contributed by atoms with Gasteiger partial charge in [-0.05, 0) is 24.6 Å². The first-order valence-corrected chi connectivity index (χ1v) is 9.54. The molecule has 4 rings (SSSR count). The second-order valence-corrected chi connectivity index (χ2v) is 7.91. The van der Waals surface area contributed by atoms with E-state index in [2.05, 4.69) is 10.2 Å². The molecule has 3 heterocycles. The minimum Gasteiger partial charge on any atom is -0.326 e. The van der Waals surface area contributed by atoms with Crippen LogP contribution in [0.5, 0.6) is 0 Å². The number of piperidine rings is 1. The van der Waals surface area contributed by atoms with Gasteiger partial charge in [0.15, 0.2) is 0 Å². The van der Waals surface area contributed by atoms with Crippen molar-refractivity contribution in [2.45, 2.75) is 50.0 Å². The molecular weight excluding hydrogens is 412 g/mol. The highest BCUT2D eigenvalue weighted by Crippen LogP contribution is 2.37. The molecule has 1 saturated heterocycles. The van der Waals surface area contributed by atoms with Gasteiger partial charge in [-0.2, -0.15) is 18.3 Å². The van der Waals surface area contributed by atoms with Gasteiger partial charge in [0.1, 0.15) is 11.6 Å². The fourth-order valence-corrected chi connectivity index (χ4v) is 4.45. The van der Waals surface area contributed by atoms with Crippen LogP contribution in [-0.2, 0) is 13.1 Å². The normalized spacial score (nSPS) is 26.7. The molecule has 1 aromatic carbocycles. The third-order valence-electron chi connectivity index (χ3n) is 5.87. The molecule has 0 spiro atoms. The molecule has 0 bridgehead atoms. The summed E-state index contributed by atoms with van der Waals surface area (Å²) >= 11 is 0. The summed E-state index contributed by atoms with van der Waals surface area (Å²) < 4.78 is 80.9. The zero-order valence-corrected chi connectivity index (χ0v) is 15.8. The van der Waals surface area contributed by atoms with Crippen LogP contribution < -0.4 is 5.73 Å². The Labute approximate surface area is 168 Å². The van der Waals surface area contributed by atoms with Gasteiger partial charge in [0.25, 0.3) is 0 Å². The number of benzene rings is 1. The smallest absolute Gasteiger partial charge is 0.326 e. The van der Waals surface area contributed by atoms with Crippen LogP contribution in [-0.4, -0.2) is 57.5 Å². The Morgan fingerprint density at radius 1 is 1.23 bits per heavy atom. The number of fused-ring (bicyclic) bond motifs is 1. The summed E-state index contributed by atoms with van der Waals surface area (Å²) in [4.78, 5) is 3.22. The molecule has 0 amide bonds. The maximum absolute atomic E-state index is 14.4. The number of alkyl halides is 4. The summed E-state index contributed by atoms with van der Waals surface area (Å²) in [5.74, 6) is -1.52. The minimum absolute atomic E-state index is 0.0442. The van der Waals surface area contributed by atoms with E-state index in [-0.39, 0.29) is 18.2 Å². The molecule has 0 unspecified atom stereocenters. The molecule has 164 valence electrons. The predicted molar refractivity (Wildman–Crippen MR) is 95.8 cm³/mol. The van der Waals surface area contributed by atoms with Crippen LogP contribution in [0.2, 0.25) is 0 Å². The van der Waals surface area contributed by atoms with Crippen molar-refractivity contribution in [3.8, 4) is 0 Å². The maximum Gasteiger partial charge on any atom is 0.420 e. The average molecular weight is 433 g/mol. The number of nitrogens with zero attached hydrogens (tertiary/aromatic N) is 3. The highest BCUT2D eigenvalue weighted by Gasteiger charge is 2.46. The number of nitrogens with two attached hydrogens (primary N) is 1. The molecule has 1 aromatic heterocycles. The summed E-state index contributed by atoms with van der Waals surface area (Å²) in [6.45, 7) is 0.0871. The van der Waals surface area contributed by atoms with Gasteiger partial charge in [-0.3, -0.25) is 14.9 Å². The number of nitrogens with one attached hydrogen (secondary N) is 1. The Morgan fingerprint density at radius 3 is 2.70 bits per heavy atom. The van der Waals surface area contributed by atoms with Gasteiger partial charge in [-0.1, -0.05) is 0 Å². The lowest BCUT2D eigenvalue weighted by molar-refractivity contribution is -0.188. The van der Waals surface area contributed by atoms with Gasteiger partial charge in [-0.15, -0.1) is 0 Å². The molecule has 2 aliphatic heterocycles. The van der Waals surface area contributed by atoms with E-state index in [9.17, 15) is 26.3 Å². The van der Waals surface area contributed by atoms with E-state index < -0.39 is 42.6 Å². The first-order valence-electron chi connectivity index (χ1n) is 9.54. The monoisotopic (exact) mass is 433 g/mol. The topological polar surface area (TPSA) is 61.2 Å². The second-order valence-electron chi connectivity index (χ2n) is 7.91. The van der Waals surface area contributed by atoms with Crippen molar-refractivity contribution < 1.29 is 26.3 Å². The lowest BCUT2D eigenvalue weighted by Gasteiger charge is -2.46. The van der Waals surface area contributed by atoms with E-state index in [4.69, 9.17) is 5.73 Å². The molecule has 4 atom stereocenters. The average Bonchev–Trinajstić information content (AvgIpc) is 3.25. The highest BCUT2D eigenvalue weighted by atomic mass is 19.4. The van der Waals surface area contributed by atoms with Crippen LogP contribution in [0.4, 0.5) is 26.3 Å². The highest BCUT2D eigenvalue weighted by molar-refractivity contribution is 5.26. The fraction of sp³-hybridized carbons (Fsp3) is 0.526. The zero-order chi connectivity index (χ0) is 21.6. The van der Waals surface area contributed by atoms with Gasteiger partial charge >= 0.3 is 6.18 Å². The molecule has 11 heteroatoms. The molecule has 3 N–H and O–H groups in total. The second kappa shape index (κ2) is 7.86. The van der Waals surface area contributed by atoms with Crippen LogP contribution in [0.1, 0.15) is 29.3 Å². The minimum atomic E-state index is -5.06. The van der Waals surface area contributed by atoms with E-state index >= 15 is 0 Å². The zero-order valence-electron chi connectivity index (χ0n) is 15.8. The van der Waals surface area contributed by atoms with Gasteiger partial charge in [-0.25, -0.2) is 13.2 Å². The van der Waals surface area contributed by atoms with Gasteiger partial charge in [0, 0.05) is 49.4 Å². The van der Waals surface area contributed by atoms with Crippen molar-refractivity contribution in [2.24, 2.45) is 5.73 Å². The van der Waals surface area contributed by atoms with Crippen LogP contribution in [0.3, 0.4) is 0 Å². The number of halogens is 6. The number of rotatable bonds is 4. The standard InChI is InChI=1S/C19H21F6N5/c20-11-1-2-14(21)13(3-11)18-15(26)4-12(7-30(18)9-17(22)19(23,24)25)29-6-10-5-27-28-16(10)8-29/h1-3,5,12,15,17-18H,4,6-9,26H2,(H,27,28)/t12-,15+,17+,18-/m1/s1. The first kappa shape index (κ1) is 21.1. The summed E-state index contributed by atoms with van der Waals surface area (Å²) in [7, 11) is 0. The summed E-state index contributed by atoms with van der Waals surface area (Å²) in [6, 6.07) is 0.588. The van der Waals surface area contributed by atoms with Crippen molar-refractivity contribution in [2.75, 3.05) is 13.1 Å². The molecule has 2 aliphatic rings. The lowest BCUT2D eigenvalue weighted by atomic mass is 9.87. The predicted octanol–water partition coefficient (Wildman–Crippen LogP) is 3.05. The van der Waals surface area contributed by atoms with Crippen LogP contribution in [0, 0.1) is 11.6 Å². The van der Waals surface area contributed by atoms with Crippen molar-refractivity contribution in [1.29, 1.82) is 0 Å².